The fraction of sp³-hybridized carbons (Fsp3) is 1.00. The van der Waals surface area contributed by atoms with Gasteiger partial charge < -0.3 is 4.74 Å². The van der Waals surface area contributed by atoms with Gasteiger partial charge in [0.15, 0.2) is 0 Å². The van der Waals surface area contributed by atoms with E-state index < -0.39 is 10.0 Å². The molecule has 0 aliphatic rings. The summed E-state index contributed by atoms with van der Waals surface area (Å²) < 4.78 is 30.5. The maximum Gasteiger partial charge on any atom is 0.209 e. The number of hydrogen-bond donors (Lipinski definition) is 1. The van der Waals surface area contributed by atoms with Gasteiger partial charge in [-0.2, -0.15) is 0 Å². The van der Waals surface area contributed by atoms with Gasteiger partial charge in [0.2, 0.25) is 10.0 Å². The molecule has 0 aliphatic heterocycles. The molecule has 0 aromatic carbocycles. The molecule has 0 aromatic rings. The van der Waals surface area contributed by atoms with Gasteiger partial charge in [0, 0.05) is 18.8 Å². The van der Waals surface area contributed by atoms with Gasteiger partial charge >= 0.3 is 0 Å². The van der Waals surface area contributed by atoms with Crippen LogP contribution in [0.1, 0.15) is 47.0 Å². The minimum absolute atomic E-state index is 0.382. The summed E-state index contributed by atoms with van der Waals surface area (Å²) in [5.74, 6) is 0.510. The van der Waals surface area contributed by atoms with Gasteiger partial charge in [-0.1, -0.05) is 13.3 Å². The normalized spacial score (nSPS) is 14.9. The van der Waals surface area contributed by atoms with Crippen molar-refractivity contribution in [2.75, 3.05) is 19.5 Å². The Bertz CT molecular complexity index is 299. The van der Waals surface area contributed by atoms with Gasteiger partial charge in [-0.15, -0.1) is 0 Å². The number of sulfonamides is 1. The second kappa shape index (κ2) is 7.34. The molecule has 17 heavy (non-hydrogen) atoms. The van der Waals surface area contributed by atoms with Crippen molar-refractivity contribution in [1.82, 2.24) is 4.72 Å². The third-order valence-corrected chi connectivity index (χ3v) is 3.70. The summed E-state index contributed by atoms with van der Waals surface area (Å²) in [5, 5.41) is 0. The van der Waals surface area contributed by atoms with Crippen molar-refractivity contribution in [3.8, 4) is 0 Å². The van der Waals surface area contributed by atoms with E-state index in [1.165, 1.54) is 6.26 Å². The van der Waals surface area contributed by atoms with Crippen LogP contribution in [0.25, 0.3) is 0 Å². The van der Waals surface area contributed by atoms with Crippen LogP contribution in [0.15, 0.2) is 0 Å². The lowest BCUT2D eigenvalue weighted by Crippen LogP contribution is -2.43. The van der Waals surface area contributed by atoms with E-state index in [1.807, 2.05) is 20.8 Å². The van der Waals surface area contributed by atoms with Crippen LogP contribution in [0.5, 0.6) is 0 Å². The molecule has 1 unspecified atom stereocenters. The van der Waals surface area contributed by atoms with E-state index in [-0.39, 0.29) is 5.54 Å². The molecule has 0 radical (unpaired) electrons. The van der Waals surface area contributed by atoms with Gasteiger partial charge in [0.05, 0.1) is 6.26 Å². The van der Waals surface area contributed by atoms with E-state index in [1.54, 1.807) is 0 Å². The van der Waals surface area contributed by atoms with Crippen LogP contribution in [0.3, 0.4) is 0 Å². The molecule has 0 fully saturated rings. The minimum atomic E-state index is -3.13. The van der Waals surface area contributed by atoms with E-state index >= 15 is 0 Å². The Hall–Kier alpha value is -0.130. The summed E-state index contributed by atoms with van der Waals surface area (Å²) >= 11 is 0. The van der Waals surface area contributed by atoms with E-state index in [4.69, 9.17) is 4.74 Å². The molecule has 4 nitrogen and oxygen atoms in total. The standard InChI is InChI=1S/C12H27NO3S/c1-6-11(10-16-7-2)8-9-12(3,4)13-17(5,14)15/h11,13H,6-10H2,1-5H3. The summed E-state index contributed by atoms with van der Waals surface area (Å²) in [5.41, 5.74) is -0.382. The molecule has 0 heterocycles. The van der Waals surface area contributed by atoms with Crippen LogP contribution >= 0.6 is 0 Å². The predicted octanol–water partition coefficient (Wildman–Crippen LogP) is 2.16. The molecule has 5 heteroatoms. The smallest absolute Gasteiger partial charge is 0.209 e. The van der Waals surface area contributed by atoms with Gasteiger partial charge in [-0.25, -0.2) is 13.1 Å². The minimum Gasteiger partial charge on any atom is -0.381 e. The molecule has 0 saturated carbocycles. The molecular weight excluding hydrogens is 238 g/mol. The van der Waals surface area contributed by atoms with Crippen LogP contribution in [-0.4, -0.2) is 33.4 Å². The summed E-state index contributed by atoms with van der Waals surface area (Å²) in [6.45, 7) is 9.47. The summed E-state index contributed by atoms with van der Waals surface area (Å²) in [4.78, 5) is 0. The Morgan fingerprint density at radius 1 is 1.29 bits per heavy atom. The van der Waals surface area contributed by atoms with E-state index in [9.17, 15) is 8.42 Å². The van der Waals surface area contributed by atoms with Crippen molar-refractivity contribution in [1.29, 1.82) is 0 Å². The van der Waals surface area contributed by atoms with Gasteiger partial charge in [0.25, 0.3) is 0 Å². The molecule has 0 amide bonds. The number of nitrogens with one attached hydrogen (secondary N) is 1. The van der Waals surface area contributed by atoms with Crippen molar-refractivity contribution in [2.45, 2.75) is 52.5 Å². The average Bonchev–Trinajstić information content (AvgIpc) is 2.14. The fourth-order valence-electron chi connectivity index (χ4n) is 1.81. The average molecular weight is 265 g/mol. The largest absolute Gasteiger partial charge is 0.381 e. The highest BCUT2D eigenvalue weighted by Crippen LogP contribution is 2.19. The number of rotatable bonds is 9. The molecular formula is C12H27NO3S. The maximum atomic E-state index is 11.2. The summed E-state index contributed by atoms with van der Waals surface area (Å²) in [7, 11) is -3.13. The molecule has 1 N–H and O–H groups in total. The van der Waals surface area contributed by atoms with Crippen molar-refractivity contribution >= 4 is 10.0 Å². The molecule has 0 spiro atoms. The second-order valence-corrected chi connectivity index (χ2v) is 6.98. The first-order valence-corrected chi connectivity index (χ1v) is 8.16. The number of ether oxygens (including phenoxy) is 1. The van der Waals surface area contributed by atoms with Gasteiger partial charge in [0.1, 0.15) is 0 Å². The summed E-state index contributed by atoms with van der Waals surface area (Å²) in [6.07, 6.45) is 4.07. The lowest BCUT2D eigenvalue weighted by Gasteiger charge is -2.27. The first kappa shape index (κ1) is 16.9. The second-order valence-electron chi connectivity index (χ2n) is 5.23. The topological polar surface area (TPSA) is 55.4 Å². The van der Waals surface area contributed by atoms with Gasteiger partial charge in [-0.3, -0.25) is 0 Å². The zero-order valence-corrected chi connectivity index (χ0v) is 12.6. The highest BCUT2D eigenvalue weighted by molar-refractivity contribution is 7.88. The molecule has 0 rings (SSSR count). The van der Waals surface area contributed by atoms with Crippen LogP contribution in [0, 0.1) is 5.92 Å². The molecule has 104 valence electrons. The van der Waals surface area contributed by atoms with Crippen molar-refractivity contribution in [3.05, 3.63) is 0 Å². The zero-order chi connectivity index (χ0) is 13.5. The quantitative estimate of drug-likeness (QED) is 0.695. The van der Waals surface area contributed by atoms with E-state index in [2.05, 4.69) is 11.6 Å². The third kappa shape index (κ3) is 9.56. The Morgan fingerprint density at radius 2 is 1.88 bits per heavy atom. The van der Waals surface area contributed by atoms with Gasteiger partial charge in [-0.05, 0) is 39.5 Å². The Kier molecular flexibility index (Phi) is 7.28. The van der Waals surface area contributed by atoms with Crippen LogP contribution in [0.4, 0.5) is 0 Å². The lowest BCUT2D eigenvalue weighted by atomic mass is 9.92. The SMILES string of the molecule is CCOCC(CC)CCC(C)(C)NS(C)(=O)=O. The number of hydrogen-bond acceptors (Lipinski definition) is 3. The lowest BCUT2D eigenvalue weighted by molar-refractivity contribution is 0.102. The first-order chi connectivity index (χ1) is 7.70. The maximum absolute atomic E-state index is 11.2. The van der Waals surface area contributed by atoms with Crippen LogP contribution in [-0.2, 0) is 14.8 Å². The predicted molar refractivity (Wildman–Crippen MR) is 71.6 cm³/mol. The molecule has 1 atom stereocenters. The van der Waals surface area contributed by atoms with E-state index in [0.717, 1.165) is 32.5 Å². The summed E-state index contributed by atoms with van der Waals surface area (Å²) in [6, 6.07) is 0. The Labute approximate surface area is 106 Å². The van der Waals surface area contributed by atoms with Crippen molar-refractivity contribution in [3.63, 3.8) is 0 Å². The molecule has 0 bridgehead atoms. The highest BCUT2D eigenvalue weighted by atomic mass is 32.2. The first-order valence-electron chi connectivity index (χ1n) is 6.27. The Balaban J connectivity index is 4.14. The molecule has 0 aromatic heterocycles. The third-order valence-electron chi connectivity index (χ3n) is 2.77. The Morgan fingerprint density at radius 3 is 2.29 bits per heavy atom. The van der Waals surface area contributed by atoms with Crippen LogP contribution < -0.4 is 4.72 Å². The molecule has 0 saturated heterocycles. The molecule has 0 aliphatic carbocycles. The fourth-order valence-corrected chi connectivity index (χ4v) is 2.91. The monoisotopic (exact) mass is 265 g/mol. The van der Waals surface area contributed by atoms with Crippen molar-refractivity contribution < 1.29 is 13.2 Å². The zero-order valence-electron chi connectivity index (χ0n) is 11.7. The van der Waals surface area contributed by atoms with E-state index in [0.29, 0.717) is 5.92 Å². The highest BCUT2D eigenvalue weighted by Gasteiger charge is 2.23. The van der Waals surface area contributed by atoms with Crippen molar-refractivity contribution in [2.24, 2.45) is 5.92 Å². The van der Waals surface area contributed by atoms with Crippen LogP contribution in [0.2, 0.25) is 0 Å².